The number of nitrogens with zero attached hydrogens (tertiary/aromatic N) is 1. The van der Waals surface area contributed by atoms with Gasteiger partial charge in [0.05, 0.1) is 33.9 Å². The Labute approximate surface area is 302 Å². The predicted octanol–water partition coefficient (Wildman–Crippen LogP) is 4.67. The first-order valence-electron chi connectivity index (χ1n) is 20.1. The Balaban J connectivity index is 0.0000221. The van der Waals surface area contributed by atoms with Crippen molar-refractivity contribution in [3.8, 4) is 0 Å². The third-order valence-electron chi connectivity index (χ3n) is 9.86. The Hall–Kier alpha value is -0.0300. The Morgan fingerprint density at radius 2 is 1.00 bits per heavy atom. The number of aliphatic hydroxyl groups excluding tert-OH is 4. The highest BCUT2D eigenvalue weighted by molar-refractivity contribution is 4.89. The van der Waals surface area contributed by atoms with Gasteiger partial charge in [0.25, 0.3) is 0 Å². The summed E-state index contributed by atoms with van der Waals surface area (Å²) in [7, 11) is 4.29. The average molecular weight is 711 g/mol. The molecular formula is C39H80ClNO7. The van der Waals surface area contributed by atoms with Crippen LogP contribution < -0.4 is 12.4 Å². The van der Waals surface area contributed by atoms with Crippen LogP contribution in [-0.2, 0) is 14.2 Å². The lowest BCUT2D eigenvalue weighted by Gasteiger charge is -2.40. The van der Waals surface area contributed by atoms with Crippen molar-refractivity contribution in [2.75, 3.05) is 47.0 Å². The van der Waals surface area contributed by atoms with Crippen molar-refractivity contribution >= 4 is 0 Å². The van der Waals surface area contributed by atoms with Crippen molar-refractivity contribution in [1.29, 1.82) is 0 Å². The highest BCUT2D eigenvalue weighted by Crippen LogP contribution is 2.23. The molecule has 1 fully saturated rings. The molecule has 8 nitrogen and oxygen atoms in total. The number of halogens is 1. The summed E-state index contributed by atoms with van der Waals surface area (Å²) in [6.07, 6.45) is 24.6. The third-order valence-corrected chi connectivity index (χ3v) is 9.86. The van der Waals surface area contributed by atoms with Gasteiger partial charge in [-0.15, -0.1) is 0 Å². The first-order chi connectivity index (χ1) is 22.7. The van der Waals surface area contributed by atoms with Crippen molar-refractivity contribution in [3.05, 3.63) is 0 Å². The lowest BCUT2D eigenvalue weighted by molar-refractivity contribution is -0.893. The normalized spacial score (nSPS) is 22.1. The third kappa shape index (κ3) is 25.0. The van der Waals surface area contributed by atoms with Gasteiger partial charge in [0.15, 0.2) is 6.29 Å². The van der Waals surface area contributed by atoms with Crippen molar-refractivity contribution in [2.45, 2.75) is 205 Å². The van der Waals surface area contributed by atoms with E-state index in [-0.39, 0.29) is 25.6 Å². The van der Waals surface area contributed by atoms with E-state index in [1.807, 2.05) is 0 Å². The molecule has 1 aliphatic heterocycles. The maximum absolute atomic E-state index is 10.6. The quantitative estimate of drug-likeness (QED) is 0.0580. The molecule has 1 aliphatic rings. The topological polar surface area (TPSA) is 109 Å². The molecule has 0 bridgehead atoms. The van der Waals surface area contributed by atoms with Crippen molar-refractivity contribution in [1.82, 2.24) is 0 Å². The fourth-order valence-corrected chi connectivity index (χ4v) is 6.75. The number of unbranched alkanes of at least 4 members (excludes halogenated alkanes) is 22. The molecule has 6 atom stereocenters. The van der Waals surface area contributed by atoms with E-state index in [0.29, 0.717) is 13.2 Å². The van der Waals surface area contributed by atoms with E-state index >= 15 is 0 Å². The summed E-state index contributed by atoms with van der Waals surface area (Å²) in [6, 6.07) is 0. The SMILES string of the molecule is CCCCCCCCCCCCCCO[C@@H]1O[C@H](COCC(O)C[N+](C)(C)CCCCCCCCCCCCCC)[C@@H](O)[C@H](O)[C@H]1O.[Cl-]. The highest BCUT2D eigenvalue weighted by Gasteiger charge is 2.44. The summed E-state index contributed by atoms with van der Waals surface area (Å²) < 4.78 is 18.0. The maximum atomic E-state index is 10.6. The van der Waals surface area contributed by atoms with E-state index in [4.69, 9.17) is 14.2 Å². The van der Waals surface area contributed by atoms with E-state index in [0.717, 1.165) is 30.3 Å². The molecule has 1 saturated heterocycles. The highest BCUT2D eigenvalue weighted by atomic mass is 35.5. The number of quaternary nitrogens is 1. The largest absolute Gasteiger partial charge is 1.00 e. The summed E-state index contributed by atoms with van der Waals surface area (Å²) in [5, 5.41) is 41.9. The van der Waals surface area contributed by atoms with Gasteiger partial charge in [-0.25, -0.2) is 0 Å². The fourth-order valence-electron chi connectivity index (χ4n) is 6.75. The minimum atomic E-state index is -1.37. The van der Waals surface area contributed by atoms with Crippen LogP contribution in [0.1, 0.15) is 168 Å². The predicted molar refractivity (Wildman–Crippen MR) is 193 cm³/mol. The van der Waals surface area contributed by atoms with E-state index in [2.05, 4.69) is 27.9 Å². The molecule has 0 radical (unpaired) electrons. The maximum Gasteiger partial charge on any atom is 0.186 e. The molecule has 1 rings (SSSR count). The monoisotopic (exact) mass is 710 g/mol. The molecule has 0 aliphatic carbocycles. The first-order valence-corrected chi connectivity index (χ1v) is 20.1. The summed E-state index contributed by atoms with van der Waals surface area (Å²) in [6.45, 7) is 6.68. The van der Waals surface area contributed by atoms with E-state index in [9.17, 15) is 20.4 Å². The van der Waals surface area contributed by atoms with Crippen LogP contribution >= 0.6 is 0 Å². The lowest BCUT2D eigenvalue weighted by atomic mass is 9.99. The zero-order valence-electron chi connectivity index (χ0n) is 31.8. The number of likely N-dealkylation sites (N-methyl/N-ethyl adjacent to an activating group) is 1. The van der Waals surface area contributed by atoms with Gasteiger partial charge in [-0.2, -0.15) is 0 Å². The van der Waals surface area contributed by atoms with Crippen LogP contribution in [-0.4, -0.2) is 109 Å². The number of aliphatic hydroxyl groups is 4. The Kier molecular flexibility index (Phi) is 31.7. The van der Waals surface area contributed by atoms with E-state index in [1.54, 1.807) is 0 Å². The van der Waals surface area contributed by atoms with Gasteiger partial charge < -0.3 is 51.5 Å². The Bertz CT molecular complexity index is 689. The Morgan fingerprint density at radius 1 is 0.583 bits per heavy atom. The van der Waals surface area contributed by atoms with Crippen LogP contribution in [0.15, 0.2) is 0 Å². The molecule has 0 aromatic carbocycles. The molecule has 0 aromatic rings. The van der Waals surface area contributed by atoms with Gasteiger partial charge in [0.2, 0.25) is 0 Å². The van der Waals surface area contributed by atoms with Crippen LogP contribution in [0.25, 0.3) is 0 Å². The molecular weight excluding hydrogens is 630 g/mol. The van der Waals surface area contributed by atoms with Crippen LogP contribution in [0.3, 0.4) is 0 Å². The van der Waals surface area contributed by atoms with Crippen LogP contribution in [0, 0.1) is 0 Å². The van der Waals surface area contributed by atoms with E-state index < -0.39 is 36.8 Å². The molecule has 0 aromatic heterocycles. The molecule has 1 heterocycles. The van der Waals surface area contributed by atoms with Crippen molar-refractivity contribution < 1.29 is 51.5 Å². The van der Waals surface area contributed by atoms with Gasteiger partial charge in [-0.1, -0.05) is 149 Å². The second-order valence-corrected chi connectivity index (χ2v) is 15.2. The Morgan fingerprint density at radius 3 is 1.46 bits per heavy atom. The smallest absolute Gasteiger partial charge is 0.186 e. The number of hydrogen-bond donors (Lipinski definition) is 4. The van der Waals surface area contributed by atoms with Crippen molar-refractivity contribution in [2.24, 2.45) is 0 Å². The zero-order valence-corrected chi connectivity index (χ0v) is 32.6. The number of hydrogen-bond acceptors (Lipinski definition) is 7. The minimum absolute atomic E-state index is 0. The summed E-state index contributed by atoms with van der Waals surface area (Å²) >= 11 is 0. The number of ether oxygens (including phenoxy) is 3. The molecule has 0 spiro atoms. The molecule has 0 amide bonds. The van der Waals surface area contributed by atoms with Gasteiger partial charge >= 0.3 is 0 Å². The molecule has 48 heavy (non-hydrogen) atoms. The molecule has 9 heteroatoms. The second kappa shape index (κ2) is 31.7. The second-order valence-electron chi connectivity index (χ2n) is 15.2. The zero-order chi connectivity index (χ0) is 34.6. The average Bonchev–Trinajstić information content (AvgIpc) is 3.04. The standard InChI is InChI=1S/C39H80NO7.ClH/c1-5-7-9-11-13-15-17-19-21-23-25-27-29-40(3,4)31-34(41)32-45-33-35-36(42)37(43)38(44)39(47-35)46-30-28-26-24-22-20-18-16-14-12-10-8-6-2;/h34-39,41-44H,5-33H2,1-4H3;1H/q+1;/p-1/t34?,35-,36-,37+,38-,39-;/m1./s1. The molecule has 290 valence electrons. The summed E-state index contributed by atoms with van der Waals surface area (Å²) in [4.78, 5) is 0. The molecule has 0 saturated carbocycles. The first kappa shape index (κ1) is 48.0. The van der Waals surface area contributed by atoms with Crippen LogP contribution in [0.4, 0.5) is 0 Å². The van der Waals surface area contributed by atoms with Gasteiger partial charge in [-0.3, -0.25) is 0 Å². The van der Waals surface area contributed by atoms with Crippen molar-refractivity contribution in [3.63, 3.8) is 0 Å². The molecule has 1 unspecified atom stereocenters. The molecule has 4 N–H and O–H groups in total. The summed E-state index contributed by atoms with van der Waals surface area (Å²) in [5.74, 6) is 0. The summed E-state index contributed by atoms with van der Waals surface area (Å²) in [5.41, 5.74) is 0. The fraction of sp³-hybridized carbons (Fsp3) is 1.00. The van der Waals surface area contributed by atoms with Gasteiger partial charge in [-0.05, 0) is 19.3 Å². The van der Waals surface area contributed by atoms with Crippen LogP contribution in [0.5, 0.6) is 0 Å². The van der Waals surface area contributed by atoms with Gasteiger partial charge in [0.1, 0.15) is 37.1 Å². The lowest BCUT2D eigenvalue weighted by Crippen LogP contribution is -3.00. The van der Waals surface area contributed by atoms with Gasteiger partial charge in [0, 0.05) is 6.61 Å². The van der Waals surface area contributed by atoms with Crippen LogP contribution in [0.2, 0.25) is 0 Å². The minimum Gasteiger partial charge on any atom is -1.00 e. The number of rotatable bonds is 33. The van der Waals surface area contributed by atoms with E-state index in [1.165, 1.54) is 135 Å².